The average molecular weight is 270 g/mol. The minimum Gasteiger partial charge on any atom is -0.381 e. The molecule has 3 unspecified atom stereocenters. The molecule has 1 aliphatic rings. The maximum atomic E-state index is 5.52. The van der Waals surface area contributed by atoms with Crippen molar-refractivity contribution >= 4 is 0 Å². The maximum Gasteiger partial charge on any atom is 0.0586 e. The Morgan fingerprint density at radius 2 is 1.89 bits per heavy atom. The summed E-state index contributed by atoms with van der Waals surface area (Å²) in [4.78, 5) is 2.39. The number of hydrogen-bond donors (Lipinski definition) is 1. The van der Waals surface area contributed by atoms with Gasteiger partial charge in [-0.05, 0) is 45.7 Å². The first-order valence-corrected chi connectivity index (χ1v) is 8.04. The predicted molar refractivity (Wildman–Crippen MR) is 82.6 cm³/mol. The fourth-order valence-corrected chi connectivity index (χ4v) is 3.44. The molecule has 1 fully saturated rings. The Kier molecular flexibility index (Phi) is 7.96. The molecule has 1 N–H and O–H groups in total. The fourth-order valence-electron chi connectivity index (χ4n) is 3.44. The van der Waals surface area contributed by atoms with Crippen LogP contribution in [0, 0.1) is 5.92 Å². The molecule has 1 rings (SSSR count). The molecule has 19 heavy (non-hydrogen) atoms. The van der Waals surface area contributed by atoms with E-state index in [0.717, 1.165) is 12.5 Å². The fraction of sp³-hybridized carbons (Fsp3) is 1.00. The zero-order valence-electron chi connectivity index (χ0n) is 13.6. The van der Waals surface area contributed by atoms with E-state index in [1.54, 1.807) is 0 Å². The highest BCUT2D eigenvalue weighted by Gasteiger charge is 2.25. The van der Waals surface area contributed by atoms with Crippen molar-refractivity contribution < 1.29 is 4.74 Å². The number of likely N-dealkylation sites (N-methyl/N-ethyl adjacent to an activating group) is 1. The van der Waals surface area contributed by atoms with Gasteiger partial charge in [-0.15, -0.1) is 0 Å². The van der Waals surface area contributed by atoms with Crippen LogP contribution >= 0.6 is 0 Å². The molecule has 0 bridgehead atoms. The second-order valence-electron chi connectivity index (χ2n) is 6.24. The molecular formula is C16H34N2O. The number of nitrogens with one attached hydrogen (secondary N) is 1. The van der Waals surface area contributed by atoms with Gasteiger partial charge in [-0.3, -0.25) is 0 Å². The molecule has 0 aromatic carbocycles. The summed E-state index contributed by atoms with van der Waals surface area (Å²) in [6, 6.07) is 1.30. The molecule has 3 heteroatoms. The van der Waals surface area contributed by atoms with Gasteiger partial charge in [0.15, 0.2) is 0 Å². The van der Waals surface area contributed by atoms with E-state index in [-0.39, 0.29) is 0 Å². The topological polar surface area (TPSA) is 24.5 Å². The van der Waals surface area contributed by atoms with Gasteiger partial charge in [-0.1, -0.05) is 26.7 Å². The first-order chi connectivity index (χ1) is 9.12. The Labute approximate surface area is 120 Å². The molecule has 0 aromatic heterocycles. The maximum absolute atomic E-state index is 5.52. The number of ether oxygens (including phenoxy) is 1. The van der Waals surface area contributed by atoms with Crippen LogP contribution in [0.1, 0.15) is 52.4 Å². The number of hydrogen-bond acceptors (Lipinski definition) is 3. The van der Waals surface area contributed by atoms with E-state index in [0.29, 0.717) is 18.2 Å². The van der Waals surface area contributed by atoms with Crippen molar-refractivity contribution in [2.45, 2.75) is 70.6 Å². The second-order valence-corrected chi connectivity index (χ2v) is 6.24. The van der Waals surface area contributed by atoms with E-state index < -0.39 is 0 Å². The highest BCUT2D eigenvalue weighted by molar-refractivity contribution is 4.83. The lowest BCUT2D eigenvalue weighted by Crippen LogP contribution is -2.47. The molecule has 0 aliphatic heterocycles. The summed E-state index contributed by atoms with van der Waals surface area (Å²) >= 11 is 0. The van der Waals surface area contributed by atoms with Crippen LogP contribution in [-0.2, 0) is 4.74 Å². The summed E-state index contributed by atoms with van der Waals surface area (Å²) in [6.45, 7) is 5.74. The molecule has 114 valence electrons. The van der Waals surface area contributed by atoms with E-state index >= 15 is 0 Å². The molecule has 0 heterocycles. The molecule has 0 saturated heterocycles. The largest absolute Gasteiger partial charge is 0.381 e. The minimum atomic E-state index is 0.470. The van der Waals surface area contributed by atoms with Crippen molar-refractivity contribution in [3.63, 3.8) is 0 Å². The quantitative estimate of drug-likeness (QED) is 0.734. The third-order valence-corrected chi connectivity index (χ3v) is 4.83. The minimum absolute atomic E-state index is 0.470. The van der Waals surface area contributed by atoms with E-state index in [1.807, 2.05) is 7.11 Å². The van der Waals surface area contributed by atoms with E-state index in [2.05, 4.69) is 38.2 Å². The van der Waals surface area contributed by atoms with Crippen molar-refractivity contribution in [2.24, 2.45) is 5.92 Å². The SMILES string of the molecule is CCC(CC)C(CNC1CCCC(OC)C1)N(C)C. The van der Waals surface area contributed by atoms with Gasteiger partial charge in [0.2, 0.25) is 0 Å². The second kappa shape index (κ2) is 8.93. The molecule has 0 aromatic rings. The molecular weight excluding hydrogens is 236 g/mol. The first-order valence-electron chi connectivity index (χ1n) is 8.04. The van der Waals surface area contributed by atoms with Gasteiger partial charge in [0.25, 0.3) is 0 Å². The smallest absolute Gasteiger partial charge is 0.0586 e. The normalized spacial score (nSPS) is 26.1. The number of rotatable bonds is 8. The van der Waals surface area contributed by atoms with Crippen molar-refractivity contribution in [1.82, 2.24) is 10.2 Å². The van der Waals surface area contributed by atoms with Gasteiger partial charge in [0, 0.05) is 25.7 Å². The summed E-state index contributed by atoms with van der Waals surface area (Å²) in [5.74, 6) is 0.796. The molecule has 0 spiro atoms. The van der Waals surface area contributed by atoms with E-state index in [4.69, 9.17) is 4.74 Å². The van der Waals surface area contributed by atoms with Crippen molar-refractivity contribution in [2.75, 3.05) is 27.7 Å². The van der Waals surface area contributed by atoms with Crippen LogP contribution in [0.2, 0.25) is 0 Å². The van der Waals surface area contributed by atoms with Crippen molar-refractivity contribution in [1.29, 1.82) is 0 Å². The van der Waals surface area contributed by atoms with Gasteiger partial charge in [-0.2, -0.15) is 0 Å². The van der Waals surface area contributed by atoms with Crippen LogP contribution in [0.25, 0.3) is 0 Å². The third-order valence-electron chi connectivity index (χ3n) is 4.83. The standard InChI is InChI=1S/C16H34N2O/c1-6-13(7-2)16(18(3)4)12-17-14-9-8-10-15(11-14)19-5/h13-17H,6-12H2,1-5H3. The zero-order chi connectivity index (χ0) is 14.3. The summed E-state index contributed by atoms with van der Waals surface area (Å²) in [5, 5.41) is 3.79. The molecule has 3 nitrogen and oxygen atoms in total. The monoisotopic (exact) mass is 270 g/mol. The van der Waals surface area contributed by atoms with Crippen LogP contribution in [0.3, 0.4) is 0 Å². The molecule has 1 aliphatic carbocycles. The number of nitrogens with zero attached hydrogens (tertiary/aromatic N) is 1. The summed E-state index contributed by atoms with van der Waals surface area (Å²) in [5.41, 5.74) is 0. The van der Waals surface area contributed by atoms with E-state index in [1.165, 1.54) is 38.5 Å². The predicted octanol–water partition coefficient (Wildman–Crippen LogP) is 2.90. The highest BCUT2D eigenvalue weighted by atomic mass is 16.5. The Morgan fingerprint density at radius 3 is 2.42 bits per heavy atom. The first kappa shape index (κ1) is 16.9. The van der Waals surface area contributed by atoms with Gasteiger partial charge in [0.05, 0.1) is 6.10 Å². The van der Waals surface area contributed by atoms with Gasteiger partial charge >= 0.3 is 0 Å². The molecule has 3 atom stereocenters. The Bertz CT molecular complexity index is 229. The van der Waals surface area contributed by atoms with Gasteiger partial charge in [0.1, 0.15) is 0 Å². The Balaban J connectivity index is 2.42. The lowest BCUT2D eigenvalue weighted by Gasteiger charge is -2.35. The van der Waals surface area contributed by atoms with Crippen molar-refractivity contribution in [3.05, 3.63) is 0 Å². The molecule has 0 amide bonds. The van der Waals surface area contributed by atoms with Crippen LogP contribution in [0.5, 0.6) is 0 Å². The average Bonchev–Trinajstić information content (AvgIpc) is 2.43. The zero-order valence-corrected chi connectivity index (χ0v) is 13.6. The van der Waals surface area contributed by atoms with Crippen molar-refractivity contribution in [3.8, 4) is 0 Å². The summed E-state index contributed by atoms with van der Waals surface area (Å²) < 4.78 is 5.52. The van der Waals surface area contributed by atoms with Crippen LogP contribution in [0.15, 0.2) is 0 Å². The van der Waals surface area contributed by atoms with Crippen LogP contribution in [0.4, 0.5) is 0 Å². The summed E-state index contributed by atoms with van der Waals surface area (Å²) in [6.07, 6.45) is 8.03. The molecule has 0 radical (unpaired) electrons. The van der Waals surface area contributed by atoms with E-state index in [9.17, 15) is 0 Å². The van der Waals surface area contributed by atoms with Gasteiger partial charge < -0.3 is 15.0 Å². The lowest BCUT2D eigenvalue weighted by atomic mass is 9.90. The highest BCUT2D eigenvalue weighted by Crippen LogP contribution is 2.22. The van der Waals surface area contributed by atoms with Crippen LogP contribution in [-0.4, -0.2) is 50.8 Å². The third kappa shape index (κ3) is 5.41. The van der Waals surface area contributed by atoms with Gasteiger partial charge in [-0.25, -0.2) is 0 Å². The Morgan fingerprint density at radius 1 is 1.21 bits per heavy atom. The Hall–Kier alpha value is -0.120. The molecule has 1 saturated carbocycles. The number of methoxy groups -OCH3 is 1. The lowest BCUT2D eigenvalue weighted by molar-refractivity contribution is 0.0567. The van der Waals surface area contributed by atoms with Crippen LogP contribution < -0.4 is 5.32 Å². The summed E-state index contributed by atoms with van der Waals surface area (Å²) in [7, 11) is 6.27.